The molecule has 1 aliphatic carbocycles. The minimum absolute atomic E-state index is 0.0744. The summed E-state index contributed by atoms with van der Waals surface area (Å²) in [5, 5.41) is 0. The first-order valence-electron chi connectivity index (χ1n) is 10.0. The van der Waals surface area contributed by atoms with Crippen molar-refractivity contribution in [1.29, 1.82) is 0 Å². The highest BCUT2D eigenvalue weighted by atomic mass is 16.5. The minimum atomic E-state index is 0.0744. The van der Waals surface area contributed by atoms with E-state index in [2.05, 4.69) is 38.1 Å². The van der Waals surface area contributed by atoms with Gasteiger partial charge in [-0.15, -0.1) is 0 Å². The normalized spacial score (nSPS) is 30.8. The van der Waals surface area contributed by atoms with Gasteiger partial charge in [0.2, 0.25) is 0 Å². The Morgan fingerprint density at radius 1 is 0.958 bits per heavy atom. The fraction of sp³-hybridized carbons (Fsp3) is 0.682. The third kappa shape index (κ3) is 4.02. The van der Waals surface area contributed by atoms with Crippen LogP contribution in [0.1, 0.15) is 82.3 Å². The molecule has 1 heterocycles. The molecule has 2 nitrogen and oxygen atoms in total. The highest BCUT2D eigenvalue weighted by Gasteiger charge is 2.36. The van der Waals surface area contributed by atoms with Crippen molar-refractivity contribution in [3.05, 3.63) is 35.4 Å². The van der Waals surface area contributed by atoms with E-state index in [1.54, 1.807) is 0 Å². The van der Waals surface area contributed by atoms with Gasteiger partial charge in [-0.3, -0.25) is 4.79 Å². The maximum absolute atomic E-state index is 12.2. The molecule has 1 aromatic carbocycles. The number of hydrogen-bond donors (Lipinski definition) is 0. The number of hydrogen-bond acceptors (Lipinski definition) is 2. The Kier molecular flexibility index (Phi) is 5.97. The summed E-state index contributed by atoms with van der Waals surface area (Å²) < 4.78 is 5.82. The maximum atomic E-state index is 12.2. The Bertz CT molecular complexity index is 525. The standard InChI is InChI=1S/C22H32O2/c1-3-5-20-14-15-21(24-22(20)23)19-12-10-18(11-13-19)17-8-6-16(4-2)7-9-17/h6-9,18-21H,3-5,10-15H2,1-2H3/t18?,19?,20-,21+/m1/s1. The fourth-order valence-electron chi connectivity index (χ4n) is 4.58. The number of esters is 1. The Hall–Kier alpha value is -1.31. The molecule has 0 spiro atoms. The van der Waals surface area contributed by atoms with E-state index < -0.39 is 0 Å². The summed E-state index contributed by atoms with van der Waals surface area (Å²) in [6, 6.07) is 9.19. The lowest BCUT2D eigenvalue weighted by Crippen LogP contribution is -2.37. The SMILES string of the molecule is CCC[C@@H]1CC[C@@H](C2CCC(c3ccc(CC)cc3)CC2)OC1=O. The van der Waals surface area contributed by atoms with E-state index in [1.165, 1.54) is 36.8 Å². The average Bonchev–Trinajstić information content (AvgIpc) is 2.64. The highest BCUT2D eigenvalue weighted by Crippen LogP contribution is 2.40. The lowest BCUT2D eigenvalue weighted by molar-refractivity contribution is -0.165. The zero-order chi connectivity index (χ0) is 16.9. The number of carbonyl (C=O) groups excluding carboxylic acids is 1. The lowest BCUT2D eigenvalue weighted by atomic mass is 9.75. The smallest absolute Gasteiger partial charge is 0.309 e. The molecule has 0 aromatic heterocycles. The summed E-state index contributed by atoms with van der Waals surface area (Å²) in [7, 11) is 0. The van der Waals surface area contributed by atoms with Crippen molar-refractivity contribution < 1.29 is 9.53 Å². The van der Waals surface area contributed by atoms with Gasteiger partial charge >= 0.3 is 5.97 Å². The Morgan fingerprint density at radius 2 is 1.67 bits per heavy atom. The third-order valence-electron chi connectivity index (χ3n) is 6.19. The first-order valence-corrected chi connectivity index (χ1v) is 10.0. The first-order chi connectivity index (χ1) is 11.7. The summed E-state index contributed by atoms with van der Waals surface area (Å²) in [6.45, 7) is 4.35. The zero-order valence-electron chi connectivity index (χ0n) is 15.3. The Balaban J connectivity index is 1.51. The monoisotopic (exact) mass is 328 g/mol. The lowest BCUT2D eigenvalue weighted by Gasteiger charge is -2.37. The molecule has 0 bridgehead atoms. The van der Waals surface area contributed by atoms with Crippen LogP contribution in [0.2, 0.25) is 0 Å². The van der Waals surface area contributed by atoms with Crippen LogP contribution < -0.4 is 0 Å². The molecule has 132 valence electrons. The van der Waals surface area contributed by atoms with Gasteiger partial charge in [-0.25, -0.2) is 0 Å². The van der Waals surface area contributed by atoms with E-state index in [0.717, 1.165) is 32.1 Å². The summed E-state index contributed by atoms with van der Waals surface area (Å²) in [5.41, 5.74) is 2.91. The quantitative estimate of drug-likeness (QED) is 0.653. The zero-order valence-corrected chi connectivity index (χ0v) is 15.3. The highest BCUT2D eigenvalue weighted by molar-refractivity contribution is 5.73. The number of aryl methyl sites for hydroxylation is 1. The van der Waals surface area contributed by atoms with Crippen LogP contribution in [-0.4, -0.2) is 12.1 Å². The molecule has 1 saturated heterocycles. The average molecular weight is 328 g/mol. The molecular weight excluding hydrogens is 296 g/mol. The molecule has 2 heteroatoms. The fourth-order valence-corrected chi connectivity index (χ4v) is 4.58. The molecule has 0 N–H and O–H groups in total. The maximum Gasteiger partial charge on any atom is 0.309 e. The van der Waals surface area contributed by atoms with Gasteiger partial charge in [0.05, 0.1) is 5.92 Å². The molecule has 3 rings (SSSR count). The second-order valence-electron chi connectivity index (χ2n) is 7.75. The van der Waals surface area contributed by atoms with Gasteiger partial charge < -0.3 is 4.74 Å². The summed E-state index contributed by atoms with van der Waals surface area (Å²) in [6.07, 6.45) is 10.4. The van der Waals surface area contributed by atoms with Gasteiger partial charge in [0.1, 0.15) is 6.10 Å². The topological polar surface area (TPSA) is 26.3 Å². The molecule has 0 unspecified atom stereocenters. The minimum Gasteiger partial charge on any atom is -0.462 e. The molecule has 2 aliphatic rings. The predicted octanol–water partition coefficient (Wildman–Crippen LogP) is 5.64. The van der Waals surface area contributed by atoms with Crippen molar-refractivity contribution >= 4 is 5.97 Å². The van der Waals surface area contributed by atoms with Crippen molar-refractivity contribution in [2.24, 2.45) is 11.8 Å². The van der Waals surface area contributed by atoms with Crippen molar-refractivity contribution in [1.82, 2.24) is 0 Å². The van der Waals surface area contributed by atoms with Gasteiger partial charge in [0.25, 0.3) is 0 Å². The Morgan fingerprint density at radius 3 is 2.25 bits per heavy atom. The van der Waals surface area contributed by atoms with Gasteiger partial charge in [-0.2, -0.15) is 0 Å². The van der Waals surface area contributed by atoms with Crippen molar-refractivity contribution in [3.8, 4) is 0 Å². The van der Waals surface area contributed by atoms with Crippen LogP contribution >= 0.6 is 0 Å². The summed E-state index contributed by atoms with van der Waals surface area (Å²) in [4.78, 5) is 12.2. The van der Waals surface area contributed by atoms with Gasteiger partial charge in [-0.1, -0.05) is 44.5 Å². The van der Waals surface area contributed by atoms with Crippen LogP contribution in [-0.2, 0) is 16.0 Å². The number of ether oxygens (including phenoxy) is 1. The van der Waals surface area contributed by atoms with Crippen LogP contribution in [0.3, 0.4) is 0 Å². The van der Waals surface area contributed by atoms with E-state index in [0.29, 0.717) is 11.8 Å². The second kappa shape index (κ2) is 8.18. The van der Waals surface area contributed by atoms with Gasteiger partial charge in [0.15, 0.2) is 0 Å². The molecule has 2 atom stereocenters. The third-order valence-corrected chi connectivity index (χ3v) is 6.19. The van der Waals surface area contributed by atoms with Crippen molar-refractivity contribution in [3.63, 3.8) is 0 Å². The van der Waals surface area contributed by atoms with Crippen LogP contribution in [0, 0.1) is 11.8 Å². The number of cyclic esters (lactones) is 1. The molecule has 2 fully saturated rings. The summed E-state index contributed by atoms with van der Waals surface area (Å²) in [5.74, 6) is 1.52. The molecule has 0 radical (unpaired) electrons. The van der Waals surface area contributed by atoms with Crippen molar-refractivity contribution in [2.75, 3.05) is 0 Å². The van der Waals surface area contributed by atoms with Gasteiger partial charge in [0, 0.05) is 0 Å². The number of benzene rings is 1. The van der Waals surface area contributed by atoms with Crippen LogP contribution in [0.4, 0.5) is 0 Å². The molecule has 24 heavy (non-hydrogen) atoms. The molecular formula is C22H32O2. The summed E-state index contributed by atoms with van der Waals surface area (Å²) >= 11 is 0. The largest absolute Gasteiger partial charge is 0.462 e. The molecule has 1 aliphatic heterocycles. The van der Waals surface area contributed by atoms with E-state index in [1.807, 2.05) is 0 Å². The van der Waals surface area contributed by atoms with Crippen molar-refractivity contribution in [2.45, 2.75) is 83.7 Å². The van der Waals surface area contributed by atoms with Crippen LogP contribution in [0.15, 0.2) is 24.3 Å². The van der Waals surface area contributed by atoms with E-state index in [4.69, 9.17) is 4.74 Å². The number of rotatable bonds is 5. The Labute approximate surface area is 147 Å². The number of carbonyl (C=O) groups is 1. The van der Waals surface area contributed by atoms with Crippen LogP contribution in [0.25, 0.3) is 0 Å². The molecule has 1 saturated carbocycles. The van der Waals surface area contributed by atoms with E-state index in [-0.39, 0.29) is 18.0 Å². The predicted molar refractivity (Wildman–Crippen MR) is 98.0 cm³/mol. The van der Waals surface area contributed by atoms with E-state index in [9.17, 15) is 4.79 Å². The van der Waals surface area contributed by atoms with E-state index >= 15 is 0 Å². The van der Waals surface area contributed by atoms with Crippen LogP contribution in [0.5, 0.6) is 0 Å². The second-order valence-corrected chi connectivity index (χ2v) is 7.75. The van der Waals surface area contributed by atoms with Gasteiger partial charge in [-0.05, 0) is 74.3 Å². The molecule has 0 amide bonds. The molecule has 1 aromatic rings. The first kappa shape index (κ1) is 17.5.